The topological polar surface area (TPSA) is 91.0 Å². The van der Waals surface area contributed by atoms with Gasteiger partial charge in [0.15, 0.2) is 0 Å². The number of benzene rings is 1. The molecule has 0 saturated carbocycles. The molecule has 7 nitrogen and oxygen atoms in total. The van der Waals surface area contributed by atoms with Crippen molar-refractivity contribution in [1.82, 2.24) is 20.1 Å². The molecular weight excluding hydrogens is 376 g/mol. The van der Waals surface area contributed by atoms with Crippen LogP contribution in [-0.2, 0) is 22.6 Å². The molecular formula is C20H16N4O3S. The molecule has 1 aromatic carbocycles. The second-order valence-corrected chi connectivity index (χ2v) is 7.00. The molecule has 0 spiro atoms. The van der Waals surface area contributed by atoms with Crippen molar-refractivity contribution in [3.8, 4) is 22.1 Å². The van der Waals surface area contributed by atoms with E-state index in [1.54, 1.807) is 18.5 Å². The van der Waals surface area contributed by atoms with Crippen molar-refractivity contribution in [2.45, 2.75) is 19.4 Å². The highest BCUT2D eigenvalue weighted by Gasteiger charge is 2.13. The van der Waals surface area contributed by atoms with Gasteiger partial charge in [-0.05, 0) is 12.1 Å². The van der Waals surface area contributed by atoms with E-state index in [1.807, 2.05) is 42.5 Å². The number of carbonyl (C=O) groups is 1. The zero-order valence-electron chi connectivity index (χ0n) is 14.8. The summed E-state index contributed by atoms with van der Waals surface area (Å²) in [7, 11) is 0. The molecule has 0 saturated heterocycles. The Balaban J connectivity index is 1.26. The highest BCUT2D eigenvalue weighted by Crippen LogP contribution is 2.25. The van der Waals surface area contributed by atoms with Crippen molar-refractivity contribution < 1.29 is 14.1 Å². The molecule has 0 atom stereocenters. The average Bonchev–Trinajstić information content (AvgIpc) is 3.42. The maximum absolute atomic E-state index is 12.0. The molecule has 0 aliphatic carbocycles. The van der Waals surface area contributed by atoms with Gasteiger partial charge in [-0.3, -0.25) is 9.78 Å². The van der Waals surface area contributed by atoms with E-state index in [9.17, 15) is 4.79 Å². The molecule has 0 fully saturated rings. The molecule has 8 heteroatoms. The van der Waals surface area contributed by atoms with Crippen LogP contribution in [0.3, 0.4) is 0 Å². The van der Waals surface area contributed by atoms with Crippen LogP contribution < -0.4 is 0 Å². The van der Waals surface area contributed by atoms with Gasteiger partial charge in [0.05, 0.1) is 11.3 Å². The Morgan fingerprint density at radius 1 is 1.07 bits per heavy atom. The van der Waals surface area contributed by atoms with E-state index in [1.165, 1.54) is 11.3 Å². The molecule has 0 N–H and O–H groups in total. The van der Waals surface area contributed by atoms with Gasteiger partial charge in [-0.25, -0.2) is 4.98 Å². The van der Waals surface area contributed by atoms with Gasteiger partial charge in [-0.2, -0.15) is 4.98 Å². The van der Waals surface area contributed by atoms with Gasteiger partial charge in [0.1, 0.15) is 17.3 Å². The number of hydrogen-bond acceptors (Lipinski definition) is 8. The van der Waals surface area contributed by atoms with Crippen molar-refractivity contribution >= 4 is 17.3 Å². The number of pyridine rings is 1. The molecule has 3 aromatic heterocycles. The lowest BCUT2D eigenvalue weighted by Gasteiger charge is -2.01. The molecule has 0 aliphatic heterocycles. The second kappa shape index (κ2) is 8.53. The Bertz CT molecular complexity index is 964. The van der Waals surface area contributed by atoms with Crippen LogP contribution in [0.2, 0.25) is 0 Å². The van der Waals surface area contributed by atoms with Crippen molar-refractivity contribution in [3.05, 3.63) is 71.7 Å². The summed E-state index contributed by atoms with van der Waals surface area (Å²) in [4.78, 5) is 25.7. The first-order valence-electron chi connectivity index (χ1n) is 8.67. The number of aromatic nitrogens is 4. The van der Waals surface area contributed by atoms with Crippen molar-refractivity contribution in [3.63, 3.8) is 0 Å². The fraction of sp³-hybridized carbons (Fsp3) is 0.150. The third kappa shape index (κ3) is 4.47. The van der Waals surface area contributed by atoms with E-state index in [0.29, 0.717) is 23.8 Å². The van der Waals surface area contributed by atoms with E-state index in [-0.39, 0.29) is 19.0 Å². The number of thiazole rings is 1. The first kappa shape index (κ1) is 18.0. The lowest BCUT2D eigenvalue weighted by Crippen LogP contribution is -2.05. The number of carbonyl (C=O) groups excluding carboxylic acids is 1. The molecule has 0 unspecified atom stereocenters. The highest BCUT2D eigenvalue weighted by atomic mass is 32.1. The average molecular weight is 392 g/mol. The molecule has 4 rings (SSSR count). The number of ether oxygens (including phenoxy) is 1. The van der Waals surface area contributed by atoms with Crippen LogP contribution in [0.4, 0.5) is 0 Å². The second-order valence-electron chi connectivity index (χ2n) is 5.89. The highest BCUT2D eigenvalue weighted by molar-refractivity contribution is 7.15. The summed E-state index contributed by atoms with van der Waals surface area (Å²) in [5, 5.41) is 4.78. The minimum atomic E-state index is -0.327. The summed E-state index contributed by atoms with van der Waals surface area (Å²) in [5.74, 6) is 0.455. The molecule has 28 heavy (non-hydrogen) atoms. The monoisotopic (exact) mass is 392 g/mol. The van der Waals surface area contributed by atoms with Gasteiger partial charge in [-0.15, -0.1) is 11.3 Å². The van der Waals surface area contributed by atoms with Gasteiger partial charge in [-0.1, -0.05) is 41.6 Å². The van der Waals surface area contributed by atoms with Crippen molar-refractivity contribution in [2.24, 2.45) is 0 Å². The lowest BCUT2D eigenvalue weighted by molar-refractivity contribution is -0.144. The van der Waals surface area contributed by atoms with E-state index in [0.717, 1.165) is 15.4 Å². The quantitative estimate of drug-likeness (QED) is 0.440. The van der Waals surface area contributed by atoms with E-state index in [4.69, 9.17) is 9.26 Å². The number of esters is 1. The Hall–Kier alpha value is -3.39. The summed E-state index contributed by atoms with van der Waals surface area (Å²) in [6, 6.07) is 15.3. The van der Waals surface area contributed by atoms with Gasteiger partial charge >= 0.3 is 5.97 Å². The predicted molar refractivity (Wildman–Crippen MR) is 103 cm³/mol. The van der Waals surface area contributed by atoms with E-state index in [2.05, 4.69) is 20.1 Å². The Morgan fingerprint density at radius 3 is 2.75 bits per heavy atom. The smallest absolute Gasteiger partial charge is 0.306 e. The maximum atomic E-state index is 12.0. The summed E-state index contributed by atoms with van der Waals surface area (Å²) < 4.78 is 10.5. The Labute approximate surface area is 165 Å². The summed E-state index contributed by atoms with van der Waals surface area (Å²) in [6.07, 6.45) is 3.87. The van der Waals surface area contributed by atoms with Crippen LogP contribution in [0.15, 0.2) is 65.4 Å². The minimum absolute atomic E-state index is 0.161. The van der Waals surface area contributed by atoms with Gasteiger partial charge in [0.25, 0.3) is 0 Å². The van der Waals surface area contributed by atoms with Gasteiger partial charge in [0.2, 0.25) is 11.7 Å². The SMILES string of the molecule is O=C(CCc1nc(-c2ccccn2)no1)OCc1cnc(-c2ccccc2)s1. The first-order chi connectivity index (χ1) is 13.8. The Kier molecular flexibility index (Phi) is 5.48. The predicted octanol–water partition coefficient (Wildman–Crippen LogP) is 3.93. The fourth-order valence-electron chi connectivity index (χ4n) is 2.48. The minimum Gasteiger partial charge on any atom is -0.460 e. The van der Waals surface area contributed by atoms with Crippen LogP contribution in [0.25, 0.3) is 22.1 Å². The van der Waals surface area contributed by atoms with Gasteiger partial charge in [0, 0.05) is 24.4 Å². The molecule has 0 aliphatic rings. The molecule has 0 amide bonds. The van der Waals surface area contributed by atoms with Crippen LogP contribution >= 0.6 is 11.3 Å². The van der Waals surface area contributed by atoms with Crippen molar-refractivity contribution in [2.75, 3.05) is 0 Å². The number of nitrogens with zero attached hydrogens (tertiary/aromatic N) is 4. The van der Waals surface area contributed by atoms with Crippen molar-refractivity contribution in [1.29, 1.82) is 0 Å². The van der Waals surface area contributed by atoms with Crippen LogP contribution in [0.5, 0.6) is 0 Å². The molecule has 4 aromatic rings. The molecule has 0 bridgehead atoms. The number of hydrogen-bond donors (Lipinski definition) is 0. The molecule has 3 heterocycles. The largest absolute Gasteiger partial charge is 0.460 e. The number of aryl methyl sites for hydroxylation is 1. The van der Waals surface area contributed by atoms with E-state index < -0.39 is 0 Å². The third-order valence-corrected chi connectivity index (χ3v) is 4.87. The zero-order valence-corrected chi connectivity index (χ0v) is 15.6. The lowest BCUT2D eigenvalue weighted by atomic mass is 10.2. The molecule has 0 radical (unpaired) electrons. The fourth-order valence-corrected chi connectivity index (χ4v) is 3.31. The Morgan fingerprint density at radius 2 is 1.93 bits per heavy atom. The van der Waals surface area contributed by atoms with Gasteiger partial charge < -0.3 is 9.26 Å². The van der Waals surface area contributed by atoms with Crippen LogP contribution in [-0.4, -0.2) is 26.1 Å². The molecule has 140 valence electrons. The standard InChI is InChI=1S/C20H16N4O3S/c25-18(10-9-17-23-19(24-27-17)16-8-4-5-11-21-16)26-13-15-12-22-20(28-15)14-6-2-1-3-7-14/h1-8,11-12H,9-10,13H2. The zero-order chi connectivity index (χ0) is 19.2. The summed E-state index contributed by atoms with van der Waals surface area (Å²) in [6.45, 7) is 0.201. The summed E-state index contributed by atoms with van der Waals surface area (Å²) in [5.41, 5.74) is 1.67. The maximum Gasteiger partial charge on any atom is 0.306 e. The normalized spacial score (nSPS) is 10.7. The van der Waals surface area contributed by atoms with E-state index >= 15 is 0 Å². The first-order valence-corrected chi connectivity index (χ1v) is 9.49. The summed E-state index contributed by atoms with van der Waals surface area (Å²) >= 11 is 1.51. The third-order valence-electron chi connectivity index (χ3n) is 3.85. The van der Waals surface area contributed by atoms with Crippen LogP contribution in [0.1, 0.15) is 17.2 Å². The number of rotatable bonds is 7. The van der Waals surface area contributed by atoms with Crippen LogP contribution in [0, 0.1) is 0 Å².